The minimum Gasteiger partial charge on any atom is -0.477 e. The number of amides is 1. The Morgan fingerprint density at radius 2 is 1.91 bits per heavy atom. The van der Waals surface area contributed by atoms with E-state index in [2.05, 4.69) is 17.1 Å². The zero-order valence-electron chi connectivity index (χ0n) is 12.8. The highest BCUT2D eigenvalue weighted by atomic mass is 16.4. The van der Waals surface area contributed by atoms with Crippen molar-refractivity contribution < 1.29 is 14.7 Å². The summed E-state index contributed by atoms with van der Waals surface area (Å²) in [7, 11) is 0. The molecule has 23 heavy (non-hydrogen) atoms. The smallest absolute Gasteiger partial charge is 0.354 e. The minimum absolute atomic E-state index is 0.0572. The number of likely N-dealkylation sites (tertiary alicyclic amines) is 1. The molecule has 0 spiro atoms. The van der Waals surface area contributed by atoms with E-state index in [4.69, 9.17) is 5.11 Å². The number of nitrogens with zero attached hydrogens (tertiary/aromatic N) is 2. The maximum Gasteiger partial charge on any atom is 0.354 e. The Kier molecular flexibility index (Phi) is 4.10. The van der Waals surface area contributed by atoms with Gasteiger partial charge in [0.25, 0.3) is 5.91 Å². The summed E-state index contributed by atoms with van der Waals surface area (Å²) in [4.78, 5) is 29.2. The van der Waals surface area contributed by atoms with E-state index >= 15 is 0 Å². The van der Waals surface area contributed by atoms with E-state index < -0.39 is 5.97 Å². The third-order valence-corrected chi connectivity index (χ3v) is 4.34. The van der Waals surface area contributed by atoms with Crippen molar-refractivity contribution in [3.8, 4) is 0 Å². The molecule has 1 amide bonds. The van der Waals surface area contributed by atoms with Crippen LogP contribution in [0.5, 0.6) is 0 Å². The number of aromatic carboxylic acids is 1. The van der Waals surface area contributed by atoms with Gasteiger partial charge >= 0.3 is 5.97 Å². The first kappa shape index (κ1) is 15.2. The highest BCUT2D eigenvalue weighted by molar-refractivity contribution is 5.95. The molecular weight excluding hydrogens is 292 g/mol. The summed E-state index contributed by atoms with van der Waals surface area (Å²) in [6.45, 7) is 2.71. The van der Waals surface area contributed by atoms with Gasteiger partial charge in [-0.15, -0.1) is 0 Å². The van der Waals surface area contributed by atoms with Gasteiger partial charge in [-0.2, -0.15) is 0 Å². The maximum absolute atomic E-state index is 12.7. The Morgan fingerprint density at radius 3 is 2.52 bits per heavy atom. The van der Waals surface area contributed by atoms with Gasteiger partial charge in [0.15, 0.2) is 0 Å². The quantitative estimate of drug-likeness (QED) is 0.946. The monoisotopic (exact) mass is 310 g/mol. The van der Waals surface area contributed by atoms with Gasteiger partial charge in [0.1, 0.15) is 5.69 Å². The second-order valence-electron chi connectivity index (χ2n) is 5.89. The van der Waals surface area contributed by atoms with Crippen molar-refractivity contribution in [2.45, 2.75) is 25.3 Å². The standard InChI is InChI=1S/C18H18N2O3/c1-12-9-15(13-5-3-2-4-6-13)11-20(12)17(21)14-7-8-16(18(22)23)19-10-14/h2-8,10,12,15H,9,11H2,1H3,(H,22,23)/t12-,15+/m0/s1. The third kappa shape index (κ3) is 3.08. The predicted octanol–water partition coefficient (Wildman–Crippen LogP) is 2.80. The first-order valence-electron chi connectivity index (χ1n) is 7.61. The van der Waals surface area contributed by atoms with E-state index in [0.717, 1.165) is 6.42 Å². The van der Waals surface area contributed by atoms with Crippen molar-refractivity contribution >= 4 is 11.9 Å². The van der Waals surface area contributed by atoms with Gasteiger partial charge in [-0.1, -0.05) is 30.3 Å². The van der Waals surface area contributed by atoms with Crippen molar-refractivity contribution in [1.82, 2.24) is 9.88 Å². The van der Waals surface area contributed by atoms with E-state index in [-0.39, 0.29) is 17.6 Å². The van der Waals surface area contributed by atoms with Gasteiger partial charge in [0.05, 0.1) is 5.56 Å². The molecule has 0 radical (unpaired) electrons. The van der Waals surface area contributed by atoms with Crippen LogP contribution in [0.4, 0.5) is 0 Å². The topological polar surface area (TPSA) is 70.5 Å². The molecule has 0 saturated carbocycles. The Morgan fingerprint density at radius 1 is 1.17 bits per heavy atom. The average molecular weight is 310 g/mol. The number of hydrogen-bond acceptors (Lipinski definition) is 3. The van der Waals surface area contributed by atoms with Gasteiger partial charge < -0.3 is 10.0 Å². The van der Waals surface area contributed by atoms with E-state index in [0.29, 0.717) is 18.0 Å². The van der Waals surface area contributed by atoms with Crippen LogP contribution in [0.15, 0.2) is 48.7 Å². The van der Waals surface area contributed by atoms with Gasteiger partial charge in [0.2, 0.25) is 0 Å². The molecule has 5 heteroatoms. The van der Waals surface area contributed by atoms with Crippen molar-refractivity contribution in [1.29, 1.82) is 0 Å². The predicted molar refractivity (Wildman–Crippen MR) is 85.5 cm³/mol. The molecule has 2 aromatic rings. The van der Waals surface area contributed by atoms with Crippen molar-refractivity contribution in [3.05, 3.63) is 65.5 Å². The molecule has 0 aliphatic carbocycles. The maximum atomic E-state index is 12.7. The van der Waals surface area contributed by atoms with Crippen molar-refractivity contribution in [2.24, 2.45) is 0 Å². The lowest BCUT2D eigenvalue weighted by Crippen LogP contribution is -2.34. The van der Waals surface area contributed by atoms with Crippen LogP contribution in [0.3, 0.4) is 0 Å². The van der Waals surface area contributed by atoms with Gasteiger partial charge in [-0.05, 0) is 31.0 Å². The first-order chi connectivity index (χ1) is 11.1. The van der Waals surface area contributed by atoms with Crippen LogP contribution in [-0.2, 0) is 0 Å². The minimum atomic E-state index is -1.09. The van der Waals surface area contributed by atoms with E-state index in [9.17, 15) is 9.59 Å². The van der Waals surface area contributed by atoms with E-state index in [1.54, 1.807) is 0 Å². The molecule has 1 fully saturated rings. The van der Waals surface area contributed by atoms with Crippen molar-refractivity contribution in [3.63, 3.8) is 0 Å². The lowest BCUT2D eigenvalue weighted by atomic mass is 9.97. The van der Waals surface area contributed by atoms with E-state index in [1.165, 1.54) is 23.9 Å². The number of pyridine rings is 1. The van der Waals surface area contributed by atoms with Crippen LogP contribution in [-0.4, -0.2) is 39.5 Å². The molecule has 3 rings (SSSR count). The lowest BCUT2D eigenvalue weighted by molar-refractivity contribution is 0.0686. The normalized spacial score (nSPS) is 20.5. The molecule has 1 saturated heterocycles. The number of carbonyl (C=O) groups is 2. The molecule has 2 atom stereocenters. The summed E-state index contributed by atoms with van der Waals surface area (Å²) >= 11 is 0. The first-order valence-corrected chi connectivity index (χ1v) is 7.61. The molecule has 1 aliphatic rings. The molecule has 0 bridgehead atoms. The number of rotatable bonds is 3. The summed E-state index contributed by atoms with van der Waals surface area (Å²) in [5.74, 6) is -0.857. The summed E-state index contributed by atoms with van der Waals surface area (Å²) in [5, 5.41) is 8.87. The molecule has 1 aromatic carbocycles. The second-order valence-corrected chi connectivity index (χ2v) is 5.89. The number of carbonyl (C=O) groups excluding carboxylic acids is 1. The Bertz CT molecular complexity index is 713. The fourth-order valence-corrected chi connectivity index (χ4v) is 3.09. The average Bonchev–Trinajstić information content (AvgIpc) is 2.97. The summed E-state index contributed by atoms with van der Waals surface area (Å²) < 4.78 is 0. The van der Waals surface area contributed by atoms with Crippen LogP contribution in [0.25, 0.3) is 0 Å². The number of benzene rings is 1. The Balaban J connectivity index is 1.76. The molecule has 1 N–H and O–H groups in total. The largest absolute Gasteiger partial charge is 0.477 e. The fraction of sp³-hybridized carbons (Fsp3) is 0.278. The number of aromatic nitrogens is 1. The Labute approximate surface area is 134 Å². The SMILES string of the molecule is C[C@H]1C[C@@H](c2ccccc2)CN1C(=O)c1ccc(C(=O)O)nc1. The van der Waals surface area contributed by atoms with Gasteiger partial charge in [-0.25, -0.2) is 9.78 Å². The molecular formula is C18H18N2O3. The highest BCUT2D eigenvalue weighted by Crippen LogP contribution is 2.32. The van der Waals surface area contributed by atoms with Gasteiger partial charge in [0, 0.05) is 24.7 Å². The summed E-state index contributed by atoms with van der Waals surface area (Å²) in [6, 6.07) is 13.2. The van der Waals surface area contributed by atoms with Crippen LogP contribution in [0.2, 0.25) is 0 Å². The number of hydrogen-bond donors (Lipinski definition) is 1. The second kappa shape index (κ2) is 6.20. The van der Waals surface area contributed by atoms with Crippen LogP contribution >= 0.6 is 0 Å². The molecule has 118 valence electrons. The molecule has 0 unspecified atom stereocenters. The lowest BCUT2D eigenvalue weighted by Gasteiger charge is -2.21. The fourth-order valence-electron chi connectivity index (χ4n) is 3.09. The summed E-state index contributed by atoms with van der Waals surface area (Å²) in [5.41, 5.74) is 1.61. The zero-order valence-corrected chi connectivity index (χ0v) is 12.8. The third-order valence-electron chi connectivity index (χ3n) is 4.34. The molecule has 2 heterocycles. The Hall–Kier alpha value is -2.69. The van der Waals surface area contributed by atoms with E-state index in [1.807, 2.05) is 30.0 Å². The van der Waals surface area contributed by atoms with Crippen molar-refractivity contribution in [2.75, 3.05) is 6.54 Å². The van der Waals surface area contributed by atoms with Crippen LogP contribution < -0.4 is 0 Å². The number of carboxylic acid groups (broad SMARTS) is 1. The molecule has 5 nitrogen and oxygen atoms in total. The molecule has 1 aliphatic heterocycles. The van der Waals surface area contributed by atoms with Gasteiger partial charge in [-0.3, -0.25) is 4.79 Å². The summed E-state index contributed by atoms with van der Waals surface area (Å²) in [6.07, 6.45) is 2.27. The highest BCUT2D eigenvalue weighted by Gasteiger charge is 2.33. The zero-order chi connectivity index (χ0) is 16.4. The molecule has 1 aromatic heterocycles. The van der Waals surface area contributed by atoms with Crippen LogP contribution in [0.1, 0.15) is 45.7 Å². The number of carboxylic acids is 1. The van der Waals surface area contributed by atoms with Crippen LogP contribution in [0, 0.1) is 0 Å².